The van der Waals surface area contributed by atoms with Gasteiger partial charge in [-0.3, -0.25) is 0 Å². The number of hydrogen-bond donors (Lipinski definition) is 2. The highest BCUT2D eigenvalue weighted by atomic mass is 15.2. The van der Waals surface area contributed by atoms with E-state index in [0.29, 0.717) is 0 Å². The van der Waals surface area contributed by atoms with Crippen molar-refractivity contribution in [2.45, 2.75) is 45.2 Å². The van der Waals surface area contributed by atoms with Gasteiger partial charge in [-0.25, -0.2) is 0 Å². The number of piperidine rings is 1. The van der Waals surface area contributed by atoms with Crippen LogP contribution in [0.25, 0.3) is 0 Å². The van der Waals surface area contributed by atoms with E-state index < -0.39 is 0 Å². The summed E-state index contributed by atoms with van der Waals surface area (Å²) in [6, 6.07) is 1.67. The average molecular weight is 157 g/mol. The van der Waals surface area contributed by atoms with Crippen LogP contribution in [0.15, 0.2) is 0 Å². The highest BCUT2D eigenvalue weighted by Crippen LogP contribution is 2.06. The molecule has 1 fully saturated rings. The molecule has 0 radical (unpaired) electrons. The third kappa shape index (κ3) is 2.17. The molecule has 0 saturated carbocycles. The Morgan fingerprint density at radius 2 is 1.82 bits per heavy atom. The largest absolute Gasteiger partial charge is 0.329 e. The molecule has 1 saturated heterocycles. The van der Waals surface area contributed by atoms with Crippen LogP contribution in [-0.4, -0.2) is 25.2 Å². The summed E-state index contributed by atoms with van der Waals surface area (Å²) in [5.41, 5.74) is 5.56. The Balaban J connectivity index is 2.41. The lowest BCUT2D eigenvalue weighted by Crippen LogP contribution is -3.19. The fourth-order valence-electron chi connectivity index (χ4n) is 2.25. The third-order valence-electron chi connectivity index (χ3n) is 2.97. The van der Waals surface area contributed by atoms with Crippen LogP contribution in [-0.2, 0) is 0 Å². The third-order valence-corrected chi connectivity index (χ3v) is 2.97. The molecule has 2 heteroatoms. The van der Waals surface area contributed by atoms with Crippen molar-refractivity contribution in [3.8, 4) is 0 Å². The van der Waals surface area contributed by atoms with Crippen LogP contribution in [0.3, 0.4) is 0 Å². The Hall–Kier alpha value is -0.0800. The van der Waals surface area contributed by atoms with Gasteiger partial charge in [-0.1, -0.05) is 0 Å². The number of nitrogens with one attached hydrogen (secondary N) is 1. The lowest BCUT2D eigenvalue weighted by Gasteiger charge is -2.35. The molecule has 66 valence electrons. The van der Waals surface area contributed by atoms with Gasteiger partial charge in [0.05, 0.1) is 18.6 Å². The van der Waals surface area contributed by atoms with E-state index in [4.69, 9.17) is 5.73 Å². The molecule has 0 aromatic heterocycles. The lowest BCUT2D eigenvalue weighted by atomic mass is 9.98. The van der Waals surface area contributed by atoms with Crippen LogP contribution in [0.1, 0.15) is 33.1 Å². The first-order chi connectivity index (χ1) is 5.25. The number of nitrogens with two attached hydrogens (primary N) is 1. The van der Waals surface area contributed by atoms with Crippen LogP contribution in [0.4, 0.5) is 0 Å². The van der Waals surface area contributed by atoms with Gasteiger partial charge in [0.15, 0.2) is 0 Å². The minimum Gasteiger partial charge on any atom is -0.329 e. The van der Waals surface area contributed by atoms with Crippen molar-refractivity contribution in [3.05, 3.63) is 0 Å². The van der Waals surface area contributed by atoms with Gasteiger partial charge in [-0.05, 0) is 33.1 Å². The quantitative estimate of drug-likeness (QED) is 0.571. The normalized spacial score (nSPS) is 39.0. The Bertz CT molecular complexity index is 104. The molecule has 2 unspecified atom stereocenters. The maximum absolute atomic E-state index is 5.56. The number of rotatable bonds is 2. The van der Waals surface area contributed by atoms with E-state index in [1.807, 2.05) is 0 Å². The number of likely N-dealkylation sites (tertiary alicyclic amines) is 1. The molecule has 2 atom stereocenters. The van der Waals surface area contributed by atoms with Gasteiger partial charge in [-0.15, -0.1) is 0 Å². The smallest absolute Gasteiger partial charge is 0.0899 e. The molecular weight excluding hydrogens is 136 g/mol. The molecule has 1 heterocycles. The van der Waals surface area contributed by atoms with Gasteiger partial charge >= 0.3 is 0 Å². The van der Waals surface area contributed by atoms with E-state index in [1.165, 1.54) is 19.3 Å². The zero-order chi connectivity index (χ0) is 8.27. The van der Waals surface area contributed by atoms with Crippen molar-refractivity contribution in [1.82, 2.24) is 0 Å². The predicted molar refractivity (Wildman–Crippen MR) is 47.7 cm³/mol. The Morgan fingerprint density at radius 1 is 1.27 bits per heavy atom. The molecule has 0 bridgehead atoms. The molecule has 0 amide bonds. The van der Waals surface area contributed by atoms with E-state index in [2.05, 4.69) is 13.8 Å². The van der Waals surface area contributed by atoms with Gasteiger partial charge < -0.3 is 10.6 Å². The van der Waals surface area contributed by atoms with E-state index in [1.54, 1.807) is 4.90 Å². The summed E-state index contributed by atoms with van der Waals surface area (Å²) >= 11 is 0. The molecule has 0 spiro atoms. The summed E-state index contributed by atoms with van der Waals surface area (Å²) < 4.78 is 0. The van der Waals surface area contributed by atoms with Crippen LogP contribution < -0.4 is 10.6 Å². The van der Waals surface area contributed by atoms with Crippen molar-refractivity contribution in [3.63, 3.8) is 0 Å². The summed E-state index contributed by atoms with van der Waals surface area (Å²) in [6.45, 7) is 6.69. The van der Waals surface area contributed by atoms with Gasteiger partial charge in [0, 0.05) is 6.54 Å². The number of hydrogen-bond acceptors (Lipinski definition) is 1. The van der Waals surface area contributed by atoms with Crippen molar-refractivity contribution >= 4 is 0 Å². The van der Waals surface area contributed by atoms with Gasteiger partial charge in [0.25, 0.3) is 0 Å². The van der Waals surface area contributed by atoms with Crippen molar-refractivity contribution in [2.75, 3.05) is 13.1 Å². The number of quaternary nitrogens is 1. The van der Waals surface area contributed by atoms with Crippen molar-refractivity contribution in [2.24, 2.45) is 5.73 Å². The first-order valence-corrected chi connectivity index (χ1v) is 4.81. The van der Waals surface area contributed by atoms with Gasteiger partial charge in [0.2, 0.25) is 0 Å². The minimum atomic E-state index is 0.835. The Kier molecular flexibility index (Phi) is 3.34. The molecule has 11 heavy (non-hydrogen) atoms. The highest BCUT2D eigenvalue weighted by molar-refractivity contribution is 4.61. The molecular formula is C9H21N2+. The molecule has 2 nitrogen and oxygen atoms in total. The van der Waals surface area contributed by atoms with E-state index in [0.717, 1.165) is 25.2 Å². The average Bonchev–Trinajstić information content (AvgIpc) is 1.97. The molecule has 0 aromatic rings. The summed E-state index contributed by atoms with van der Waals surface area (Å²) in [5.74, 6) is 0. The monoisotopic (exact) mass is 157 g/mol. The zero-order valence-electron chi connectivity index (χ0n) is 7.77. The second-order valence-corrected chi connectivity index (χ2v) is 3.85. The second-order valence-electron chi connectivity index (χ2n) is 3.85. The zero-order valence-corrected chi connectivity index (χ0v) is 7.77. The molecule has 0 aliphatic carbocycles. The molecule has 3 N–H and O–H groups in total. The van der Waals surface area contributed by atoms with Crippen LogP contribution in [0, 0.1) is 0 Å². The van der Waals surface area contributed by atoms with E-state index in [-0.39, 0.29) is 0 Å². The maximum atomic E-state index is 5.56. The van der Waals surface area contributed by atoms with Gasteiger partial charge in [-0.2, -0.15) is 0 Å². The topological polar surface area (TPSA) is 30.5 Å². The maximum Gasteiger partial charge on any atom is 0.0899 e. The van der Waals surface area contributed by atoms with Crippen molar-refractivity contribution < 1.29 is 4.90 Å². The summed E-state index contributed by atoms with van der Waals surface area (Å²) in [4.78, 5) is 1.72. The summed E-state index contributed by atoms with van der Waals surface area (Å²) in [6.07, 6.45) is 4.19. The molecule has 1 aliphatic rings. The first kappa shape index (κ1) is 9.01. The first-order valence-electron chi connectivity index (χ1n) is 4.81. The molecule has 1 rings (SSSR count). The Labute approximate surface area is 69.8 Å². The SMILES string of the molecule is CC1CCCC(C)[NH+]1CCN. The van der Waals surface area contributed by atoms with Crippen molar-refractivity contribution in [1.29, 1.82) is 0 Å². The lowest BCUT2D eigenvalue weighted by molar-refractivity contribution is -0.950. The molecule has 1 aliphatic heterocycles. The Morgan fingerprint density at radius 3 is 2.27 bits per heavy atom. The van der Waals surface area contributed by atoms with E-state index in [9.17, 15) is 0 Å². The fraction of sp³-hybridized carbons (Fsp3) is 1.00. The highest BCUT2D eigenvalue weighted by Gasteiger charge is 2.26. The van der Waals surface area contributed by atoms with Crippen LogP contribution in [0.2, 0.25) is 0 Å². The minimum absolute atomic E-state index is 0.835. The fourth-order valence-corrected chi connectivity index (χ4v) is 2.25. The van der Waals surface area contributed by atoms with Crippen LogP contribution >= 0.6 is 0 Å². The van der Waals surface area contributed by atoms with Crippen LogP contribution in [0.5, 0.6) is 0 Å². The van der Waals surface area contributed by atoms with Gasteiger partial charge in [0.1, 0.15) is 0 Å². The second kappa shape index (κ2) is 4.07. The van der Waals surface area contributed by atoms with E-state index >= 15 is 0 Å². The predicted octanol–water partition coefficient (Wildman–Crippen LogP) is -0.209. The standard InChI is InChI=1S/C9H20N2/c1-8-4-3-5-9(2)11(8)7-6-10/h8-9H,3-7,10H2,1-2H3/p+1. The summed E-state index contributed by atoms with van der Waals surface area (Å²) in [7, 11) is 0. The summed E-state index contributed by atoms with van der Waals surface area (Å²) in [5, 5.41) is 0. The molecule has 0 aromatic carbocycles.